The minimum absolute atomic E-state index is 0.246. The van der Waals surface area contributed by atoms with Crippen LogP contribution >= 0.6 is 0 Å². The first-order valence-electron chi connectivity index (χ1n) is 9.18. The Morgan fingerprint density at radius 2 is 1.75 bits per heavy atom. The molecule has 0 spiro atoms. The maximum atomic E-state index is 11.9. The topological polar surface area (TPSA) is 95.3 Å². The molecule has 0 aliphatic rings. The molecule has 0 aliphatic carbocycles. The van der Waals surface area contributed by atoms with Crippen LogP contribution in [0.15, 0.2) is 54.6 Å². The number of nitrogens with one attached hydrogen (secondary N) is 1. The highest BCUT2D eigenvalue weighted by molar-refractivity contribution is 5.75. The number of ether oxygens (including phenoxy) is 1. The molecule has 3 rings (SSSR count). The number of amides is 1. The van der Waals surface area contributed by atoms with Crippen LogP contribution < -0.4 is 10.2 Å². The zero-order valence-corrected chi connectivity index (χ0v) is 15.4. The molecule has 146 valence electrons. The van der Waals surface area contributed by atoms with Gasteiger partial charge in [-0.1, -0.05) is 53.7 Å². The van der Waals surface area contributed by atoms with E-state index in [1.165, 1.54) is 0 Å². The predicted molar refractivity (Wildman–Crippen MR) is 102 cm³/mol. The monoisotopic (exact) mass is 382 g/mol. The molecule has 8 nitrogen and oxygen atoms in total. The highest BCUT2D eigenvalue weighted by Gasteiger charge is 2.09. The molecule has 1 amide bonds. The molecule has 8 heteroatoms. The smallest absolute Gasteiger partial charge is 0.407 e. The maximum Gasteiger partial charge on any atom is 0.407 e. The number of carbonyl (C=O) groups is 2. The summed E-state index contributed by atoms with van der Waals surface area (Å²) in [6.45, 7) is 0.742. The van der Waals surface area contributed by atoms with Gasteiger partial charge in [0.05, 0.1) is 0 Å². The van der Waals surface area contributed by atoms with E-state index in [0.717, 1.165) is 23.3 Å². The quantitative estimate of drug-likeness (QED) is 0.452. The standard InChI is InChI=1S/C20H22N4O4/c25-19(28-24-18-12-7-6-11-17(18)22-23-24)13-5-2-8-14-21-20(26)27-15-16-9-3-1-4-10-16/h1,3-4,6-7,9-12H,2,5,8,13-15H2,(H,21,26). The van der Waals surface area contributed by atoms with Crippen molar-refractivity contribution in [3.63, 3.8) is 0 Å². The molecule has 0 fully saturated rings. The second-order valence-electron chi connectivity index (χ2n) is 6.21. The molecule has 0 saturated heterocycles. The summed E-state index contributed by atoms with van der Waals surface area (Å²) in [4.78, 5) is 29.9. The lowest BCUT2D eigenvalue weighted by Gasteiger charge is -2.07. The van der Waals surface area contributed by atoms with Crippen LogP contribution in [0.3, 0.4) is 0 Å². The first-order chi connectivity index (χ1) is 13.7. The molecular formula is C20H22N4O4. The van der Waals surface area contributed by atoms with Crippen molar-refractivity contribution in [1.29, 1.82) is 0 Å². The van der Waals surface area contributed by atoms with E-state index in [-0.39, 0.29) is 19.0 Å². The summed E-state index contributed by atoms with van der Waals surface area (Å²) in [6.07, 6.45) is 2.02. The Balaban J connectivity index is 1.25. The number of hydrogen-bond donors (Lipinski definition) is 1. The summed E-state index contributed by atoms with van der Waals surface area (Å²) >= 11 is 0. The maximum absolute atomic E-state index is 11.9. The Hall–Kier alpha value is -3.42. The van der Waals surface area contributed by atoms with Gasteiger partial charge in [0.2, 0.25) is 0 Å². The van der Waals surface area contributed by atoms with Gasteiger partial charge in [-0.3, -0.25) is 0 Å². The van der Waals surface area contributed by atoms with Crippen molar-refractivity contribution in [2.75, 3.05) is 6.54 Å². The van der Waals surface area contributed by atoms with Crippen LogP contribution in [0.1, 0.15) is 31.2 Å². The number of fused-ring (bicyclic) bond motifs is 1. The van der Waals surface area contributed by atoms with Gasteiger partial charge in [-0.25, -0.2) is 9.59 Å². The van der Waals surface area contributed by atoms with Gasteiger partial charge >= 0.3 is 12.1 Å². The summed E-state index contributed by atoms with van der Waals surface area (Å²) in [5, 5.41) is 10.4. The minimum atomic E-state index is -0.443. The Morgan fingerprint density at radius 3 is 2.61 bits per heavy atom. The van der Waals surface area contributed by atoms with Crippen molar-refractivity contribution >= 4 is 23.1 Å². The molecule has 0 atom stereocenters. The van der Waals surface area contributed by atoms with Gasteiger partial charge in [0.15, 0.2) is 0 Å². The largest absolute Gasteiger partial charge is 0.445 e. The van der Waals surface area contributed by atoms with Crippen LogP contribution in [0.25, 0.3) is 11.0 Å². The number of unbranched alkanes of at least 4 members (excludes halogenated alkanes) is 2. The van der Waals surface area contributed by atoms with Crippen molar-refractivity contribution in [3.8, 4) is 0 Å². The molecule has 0 aliphatic heterocycles. The molecule has 0 radical (unpaired) electrons. The van der Waals surface area contributed by atoms with Gasteiger partial charge in [0, 0.05) is 13.0 Å². The van der Waals surface area contributed by atoms with E-state index in [4.69, 9.17) is 9.57 Å². The lowest BCUT2D eigenvalue weighted by Crippen LogP contribution is -2.25. The third-order valence-corrected chi connectivity index (χ3v) is 4.05. The average molecular weight is 382 g/mol. The summed E-state index contributed by atoms with van der Waals surface area (Å²) in [5.41, 5.74) is 2.26. The number of alkyl carbamates (subject to hydrolysis) is 1. The summed E-state index contributed by atoms with van der Waals surface area (Å²) in [5.74, 6) is -0.370. The Morgan fingerprint density at radius 1 is 0.964 bits per heavy atom. The molecule has 1 heterocycles. The van der Waals surface area contributed by atoms with Gasteiger partial charge in [-0.05, 0) is 35.8 Å². The molecule has 28 heavy (non-hydrogen) atoms. The van der Waals surface area contributed by atoms with Crippen LogP contribution in [0.4, 0.5) is 4.79 Å². The van der Waals surface area contributed by atoms with Crippen LogP contribution in [0.2, 0.25) is 0 Å². The first-order valence-corrected chi connectivity index (χ1v) is 9.18. The van der Waals surface area contributed by atoms with Crippen molar-refractivity contribution < 1.29 is 19.2 Å². The van der Waals surface area contributed by atoms with E-state index in [9.17, 15) is 9.59 Å². The zero-order chi connectivity index (χ0) is 19.6. The van der Waals surface area contributed by atoms with Crippen molar-refractivity contribution in [3.05, 3.63) is 60.2 Å². The van der Waals surface area contributed by atoms with Crippen molar-refractivity contribution in [2.45, 2.75) is 32.3 Å². The number of benzene rings is 2. The summed E-state index contributed by atoms with van der Waals surface area (Å²) < 4.78 is 5.13. The molecule has 2 aromatic carbocycles. The Kier molecular flexibility index (Phi) is 6.95. The zero-order valence-electron chi connectivity index (χ0n) is 15.4. The summed E-state index contributed by atoms with van der Waals surface area (Å²) in [7, 11) is 0. The van der Waals surface area contributed by atoms with E-state index >= 15 is 0 Å². The number of para-hydroxylation sites is 1. The normalized spacial score (nSPS) is 10.6. The Labute approximate surface area is 162 Å². The number of nitrogens with zero attached hydrogens (tertiary/aromatic N) is 3. The van der Waals surface area contributed by atoms with E-state index in [1.807, 2.05) is 42.5 Å². The van der Waals surface area contributed by atoms with Crippen LogP contribution in [0.5, 0.6) is 0 Å². The molecule has 1 N–H and O–H groups in total. The molecular weight excluding hydrogens is 360 g/mol. The van der Waals surface area contributed by atoms with Crippen molar-refractivity contribution in [2.24, 2.45) is 0 Å². The fraction of sp³-hybridized carbons (Fsp3) is 0.300. The summed E-state index contributed by atoms with van der Waals surface area (Å²) in [6, 6.07) is 16.7. The van der Waals surface area contributed by atoms with Gasteiger partial charge in [0.1, 0.15) is 17.6 Å². The number of carbonyl (C=O) groups excluding carboxylic acids is 2. The van der Waals surface area contributed by atoms with Gasteiger partial charge in [-0.2, -0.15) is 0 Å². The van der Waals surface area contributed by atoms with Gasteiger partial charge in [-0.15, -0.1) is 5.10 Å². The predicted octanol–water partition coefficient (Wildman–Crippen LogP) is 2.87. The van der Waals surface area contributed by atoms with Crippen LogP contribution in [-0.2, 0) is 16.1 Å². The third kappa shape index (κ3) is 5.80. The number of aromatic nitrogens is 3. The number of rotatable bonds is 9. The SMILES string of the molecule is O=C(CCCCCNC(=O)OCc1ccccc1)On1nnc2ccccc21. The van der Waals surface area contributed by atoms with E-state index in [2.05, 4.69) is 15.6 Å². The highest BCUT2D eigenvalue weighted by Crippen LogP contribution is 2.09. The van der Waals surface area contributed by atoms with Crippen LogP contribution in [0, 0.1) is 0 Å². The molecule has 0 saturated carbocycles. The van der Waals surface area contributed by atoms with Crippen molar-refractivity contribution in [1.82, 2.24) is 20.5 Å². The number of hydrogen-bond acceptors (Lipinski definition) is 6. The van der Waals surface area contributed by atoms with Crippen LogP contribution in [-0.4, -0.2) is 33.8 Å². The van der Waals surface area contributed by atoms with E-state index in [0.29, 0.717) is 24.0 Å². The molecule has 3 aromatic rings. The first kappa shape index (κ1) is 19.3. The lowest BCUT2D eigenvalue weighted by molar-refractivity contribution is -0.145. The van der Waals surface area contributed by atoms with Gasteiger partial charge in [0.25, 0.3) is 0 Å². The lowest BCUT2D eigenvalue weighted by atomic mass is 10.2. The Bertz CT molecular complexity index is 911. The molecule has 0 bridgehead atoms. The second kappa shape index (κ2) is 10.1. The third-order valence-electron chi connectivity index (χ3n) is 4.05. The van der Waals surface area contributed by atoms with E-state index in [1.54, 1.807) is 12.1 Å². The average Bonchev–Trinajstić information content (AvgIpc) is 3.12. The van der Waals surface area contributed by atoms with Gasteiger partial charge < -0.3 is 14.9 Å². The molecule has 1 aromatic heterocycles. The molecule has 0 unspecified atom stereocenters. The minimum Gasteiger partial charge on any atom is -0.445 e. The highest BCUT2D eigenvalue weighted by atomic mass is 16.7. The fourth-order valence-electron chi connectivity index (χ4n) is 2.59. The second-order valence-corrected chi connectivity index (χ2v) is 6.21. The van der Waals surface area contributed by atoms with E-state index < -0.39 is 6.09 Å². The fourth-order valence-corrected chi connectivity index (χ4v) is 2.59.